The molecule has 0 saturated carbocycles. The lowest BCUT2D eigenvalue weighted by atomic mass is 9.82. The van der Waals surface area contributed by atoms with E-state index in [0.29, 0.717) is 50.7 Å². The van der Waals surface area contributed by atoms with E-state index in [4.69, 9.17) is 46.1 Å². The number of allylic oxidation sites excluding steroid dienone is 1. The Labute approximate surface area is 514 Å². The maximum atomic E-state index is 15.0. The van der Waals surface area contributed by atoms with E-state index in [-0.39, 0.29) is 69.4 Å². The third-order valence-corrected chi connectivity index (χ3v) is 39.3. The fraction of sp³-hybridized carbons (Fsp3) is 0.879. The molecule has 84 heavy (non-hydrogen) atoms. The molecule has 18 heteroatoms. The number of ether oxygens (including phenoxy) is 6. The Balaban J connectivity index is 1.56. The van der Waals surface area contributed by atoms with E-state index in [0.717, 1.165) is 31.3 Å². The predicted molar refractivity (Wildman–Crippen MR) is 347 cm³/mol. The van der Waals surface area contributed by atoms with Gasteiger partial charge in [0, 0.05) is 45.6 Å². The standard InChI is InChI=1S/C66H122O14Si4/c1-42-35-46(68)31-33-52-43(2)36-48(74-52)29-27-26-28-30-54(79-83(22,23)65(11,12)13)61-62(80-84(24,25)66(14,15)16)58(70)60-53(77-61)34-32-49(75-60)37-47(69)38-51-56(40-55(44(42)3)73-45(4)67)76-57(59(51)71-17)39-50(78-82(20,21)64(8,9)10)41-72-81(18,19)63(5,6)7/h28,30,42,46,48-62,68,70H,2-3,26-27,29,31-41H2,1,4-25H3/b30-28+/t42?,46-,48?,49?,50?,51?,52?,53+,54?,55?,56+,57?,58+,59-,60?,61?,62?/m1/s1. The van der Waals surface area contributed by atoms with Crippen LogP contribution in [0.3, 0.4) is 0 Å². The van der Waals surface area contributed by atoms with Gasteiger partial charge < -0.3 is 56.3 Å². The summed E-state index contributed by atoms with van der Waals surface area (Å²) in [6, 6.07) is 0. The first-order valence-corrected chi connectivity index (χ1v) is 43.9. The van der Waals surface area contributed by atoms with Gasteiger partial charge in [-0.3, -0.25) is 9.59 Å². The van der Waals surface area contributed by atoms with Crippen LogP contribution in [0.4, 0.5) is 0 Å². The van der Waals surface area contributed by atoms with E-state index < -0.39 is 118 Å². The summed E-state index contributed by atoms with van der Waals surface area (Å²) in [5, 5.41) is 24.1. The third kappa shape index (κ3) is 19.2. The lowest BCUT2D eigenvalue weighted by Crippen LogP contribution is -2.67. The van der Waals surface area contributed by atoms with Crippen molar-refractivity contribution in [3.05, 3.63) is 36.5 Å². The molecule has 6 aliphatic rings. The number of aliphatic hydroxyl groups excluding tert-OH is 2. The highest BCUT2D eigenvalue weighted by molar-refractivity contribution is 6.75. The summed E-state index contributed by atoms with van der Waals surface area (Å²) < 4.78 is 69.5. The van der Waals surface area contributed by atoms with Crippen molar-refractivity contribution >= 4 is 45.0 Å². The largest absolute Gasteiger partial charge is 0.458 e. The van der Waals surface area contributed by atoms with Crippen LogP contribution < -0.4 is 0 Å². The number of esters is 1. The highest BCUT2D eigenvalue weighted by Crippen LogP contribution is 2.47. The predicted octanol–water partition coefficient (Wildman–Crippen LogP) is 14.5. The molecular formula is C66H122O14Si4. The van der Waals surface area contributed by atoms with Crippen molar-refractivity contribution in [3.8, 4) is 0 Å². The Hall–Kier alpha value is -1.21. The second-order valence-electron chi connectivity index (χ2n) is 32.2. The molecule has 0 spiro atoms. The first-order valence-electron chi connectivity index (χ1n) is 32.3. The lowest BCUT2D eigenvalue weighted by Gasteiger charge is -2.53. The average molecular weight is 1250 g/mol. The molecule has 0 aromatic carbocycles. The second-order valence-corrected chi connectivity index (χ2v) is 51.3. The third-order valence-electron chi connectivity index (χ3n) is 21.3. The van der Waals surface area contributed by atoms with Crippen molar-refractivity contribution in [2.45, 2.75) is 344 Å². The molecule has 2 N–H and O–H groups in total. The number of carbonyl (C=O) groups is 2. The van der Waals surface area contributed by atoms with Crippen molar-refractivity contribution in [1.82, 2.24) is 0 Å². The Morgan fingerprint density at radius 2 is 1.29 bits per heavy atom. The second kappa shape index (κ2) is 29.0. The van der Waals surface area contributed by atoms with Crippen LogP contribution >= 0.6 is 0 Å². The molecular weight excluding hydrogens is 1130 g/mol. The molecule has 6 aliphatic heterocycles. The zero-order chi connectivity index (χ0) is 63.5. The molecule has 4 fully saturated rings. The maximum absolute atomic E-state index is 15.0. The smallest absolute Gasteiger partial charge is 0.303 e. The van der Waals surface area contributed by atoms with Gasteiger partial charge in [-0.25, -0.2) is 0 Å². The molecule has 6 bridgehead atoms. The summed E-state index contributed by atoms with van der Waals surface area (Å²) in [7, 11) is -7.84. The van der Waals surface area contributed by atoms with Gasteiger partial charge in [-0.15, -0.1) is 0 Å². The van der Waals surface area contributed by atoms with Crippen molar-refractivity contribution in [1.29, 1.82) is 0 Å². The van der Waals surface area contributed by atoms with Crippen LogP contribution in [0.2, 0.25) is 72.5 Å². The number of hydrogen-bond acceptors (Lipinski definition) is 14. The first kappa shape index (κ1) is 73.5. The van der Waals surface area contributed by atoms with E-state index in [1.54, 1.807) is 7.11 Å². The zero-order valence-corrected chi connectivity index (χ0v) is 61.1. The Kier molecular flexibility index (Phi) is 25.3. The number of Topliss-reactive ketones (excluding diaryl/α,β-unsaturated/α-hetero) is 1. The topological polar surface area (TPSA) is 167 Å². The van der Waals surface area contributed by atoms with Gasteiger partial charge in [-0.1, -0.05) is 115 Å². The molecule has 0 radical (unpaired) electrons. The molecule has 486 valence electrons. The van der Waals surface area contributed by atoms with E-state index in [9.17, 15) is 19.8 Å². The number of methoxy groups -OCH3 is 1. The van der Waals surface area contributed by atoms with Gasteiger partial charge in [-0.05, 0) is 147 Å². The molecule has 0 aromatic rings. The average Bonchev–Trinajstić information content (AvgIpc) is 3.90. The van der Waals surface area contributed by atoms with Crippen LogP contribution in [-0.4, -0.2) is 161 Å². The van der Waals surface area contributed by atoms with Crippen molar-refractivity contribution in [2.24, 2.45) is 11.8 Å². The van der Waals surface area contributed by atoms with Crippen molar-refractivity contribution in [3.63, 3.8) is 0 Å². The number of ketones is 1. The SMILES string of the molecule is C=C1CC2CCC/C=C/C(O[Si](C)(C)C(C)(C)C)C3O[C@H]4CCC(CC(=O)CC5[C@@H](OC)C(CC(CO[Si](C)(C)C(C)(C)C)O[Si](C)(C)C(C)(C)C)O[C@H]5CC(OC(C)=O)C(=C)C(C)C[C@H](O)CCC1O2)OC4[C@H](O)C3O[Si](C)(C)C(C)(C)C. The van der Waals surface area contributed by atoms with Gasteiger partial charge in [-0.2, -0.15) is 0 Å². The van der Waals surface area contributed by atoms with Gasteiger partial charge in [0.25, 0.3) is 0 Å². The maximum Gasteiger partial charge on any atom is 0.303 e. The molecule has 0 aromatic heterocycles. The molecule has 4 saturated heterocycles. The highest BCUT2D eigenvalue weighted by Gasteiger charge is 2.56. The van der Waals surface area contributed by atoms with Gasteiger partial charge in [0.1, 0.15) is 36.3 Å². The minimum atomic E-state index is -2.54. The summed E-state index contributed by atoms with van der Waals surface area (Å²) >= 11 is 0. The minimum absolute atomic E-state index is 0.0195. The quantitative estimate of drug-likeness (QED) is 0.102. The van der Waals surface area contributed by atoms with E-state index >= 15 is 0 Å². The van der Waals surface area contributed by atoms with Gasteiger partial charge in [0.05, 0.1) is 67.6 Å². The molecule has 0 amide bonds. The van der Waals surface area contributed by atoms with E-state index in [1.165, 1.54) is 6.92 Å². The molecule has 14 nitrogen and oxygen atoms in total. The first-order chi connectivity index (χ1) is 38.4. The summed E-state index contributed by atoms with van der Waals surface area (Å²) in [6.45, 7) is 57.5. The number of hydrogen-bond donors (Lipinski definition) is 2. The monoisotopic (exact) mass is 1250 g/mol. The normalized spacial score (nSPS) is 34.7. The van der Waals surface area contributed by atoms with Crippen LogP contribution in [0.25, 0.3) is 0 Å². The van der Waals surface area contributed by atoms with Crippen LogP contribution in [-0.2, 0) is 55.7 Å². The Morgan fingerprint density at radius 1 is 0.690 bits per heavy atom. The molecule has 6 rings (SSSR count). The van der Waals surface area contributed by atoms with Crippen molar-refractivity contribution < 1.29 is 65.9 Å². The summed E-state index contributed by atoms with van der Waals surface area (Å²) in [4.78, 5) is 28.1. The van der Waals surface area contributed by atoms with Crippen LogP contribution in [0.1, 0.15) is 180 Å². The van der Waals surface area contributed by atoms with Gasteiger partial charge in [0.15, 0.2) is 33.3 Å². The Morgan fingerprint density at radius 3 is 1.87 bits per heavy atom. The van der Waals surface area contributed by atoms with Crippen LogP contribution in [0, 0.1) is 11.8 Å². The molecule has 17 atom stereocenters. The fourth-order valence-electron chi connectivity index (χ4n) is 11.8. The zero-order valence-electron chi connectivity index (χ0n) is 57.1. The van der Waals surface area contributed by atoms with Crippen LogP contribution in [0.5, 0.6) is 0 Å². The van der Waals surface area contributed by atoms with Crippen molar-refractivity contribution in [2.75, 3.05) is 13.7 Å². The van der Waals surface area contributed by atoms with Gasteiger partial charge in [0.2, 0.25) is 0 Å². The summed E-state index contributed by atoms with van der Waals surface area (Å²) in [5.74, 6) is -1.15. The number of rotatable bonds is 13. The number of fused-ring (bicyclic) bond motifs is 15. The summed E-state index contributed by atoms with van der Waals surface area (Å²) in [5.41, 5.74) is 1.73. The van der Waals surface area contributed by atoms with E-state index in [1.807, 2.05) is 6.92 Å². The number of carbonyl (C=O) groups excluding carboxylic acids is 2. The minimum Gasteiger partial charge on any atom is -0.458 e. The van der Waals surface area contributed by atoms with E-state index in [2.05, 4.69) is 161 Å². The molecule has 12 unspecified atom stereocenters. The molecule has 6 heterocycles. The fourth-order valence-corrected chi connectivity index (χ4v) is 16.7. The van der Waals surface area contributed by atoms with Crippen LogP contribution in [0.15, 0.2) is 36.5 Å². The number of aliphatic hydroxyl groups is 2. The summed E-state index contributed by atoms with van der Waals surface area (Å²) in [6.07, 6.45) is 3.22. The van der Waals surface area contributed by atoms with Gasteiger partial charge >= 0.3 is 5.97 Å². The molecule has 0 aliphatic carbocycles. The highest BCUT2D eigenvalue weighted by atomic mass is 28.4. The lowest BCUT2D eigenvalue weighted by molar-refractivity contribution is -0.269. The Bertz CT molecular complexity index is 2210.